The number of hydrogen-bond donors (Lipinski definition) is 0. The van der Waals surface area contributed by atoms with Crippen LogP contribution in [0.3, 0.4) is 0 Å². The topological polar surface area (TPSA) is 6.48 Å². The summed E-state index contributed by atoms with van der Waals surface area (Å²) in [4.78, 5) is 4.35. The minimum Gasteiger partial charge on any atom is -0.309 e. The molecule has 1 aliphatic rings. The number of nitrogens with zero attached hydrogens (tertiary/aromatic N) is 2. The van der Waals surface area contributed by atoms with Crippen molar-refractivity contribution in [3.8, 4) is 0 Å². The molecular formula is C17H24F4N2. The Kier molecular flexibility index (Phi) is 6.03. The zero-order valence-corrected chi connectivity index (χ0v) is 13.7. The van der Waals surface area contributed by atoms with Crippen molar-refractivity contribution in [3.63, 3.8) is 0 Å². The third-order valence-corrected chi connectivity index (χ3v) is 4.38. The van der Waals surface area contributed by atoms with Gasteiger partial charge >= 0.3 is 6.18 Å². The van der Waals surface area contributed by atoms with E-state index in [2.05, 4.69) is 9.80 Å². The Morgan fingerprint density at radius 1 is 1.22 bits per heavy atom. The van der Waals surface area contributed by atoms with Crippen LogP contribution in [0.4, 0.5) is 17.6 Å². The van der Waals surface area contributed by atoms with Crippen molar-refractivity contribution in [1.82, 2.24) is 9.80 Å². The smallest absolute Gasteiger partial charge is 0.309 e. The van der Waals surface area contributed by atoms with Gasteiger partial charge in [0.05, 0.1) is 5.56 Å². The number of rotatable bonds is 5. The van der Waals surface area contributed by atoms with Gasteiger partial charge in [0.1, 0.15) is 5.82 Å². The molecule has 2 rings (SSSR count). The average molecular weight is 332 g/mol. The monoisotopic (exact) mass is 332 g/mol. The van der Waals surface area contributed by atoms with Crippen LogP contribution in [0, 0.1) is 5.82 Å². The molecule has 23 heavy (non-hydrogen) atoms. The summed E-state index contributed by atoms with van der Waals surface area (Å²) >= 11 is 0. The molecule has 0 bridgehead atoms. The predicted molar refractivity (Wildman–Crippen MR) is 82.6 cm³/mol. The van der Waals surface area contributed by atoms with Crippen LogP contribution >= 0.6 is 0 Å². The van der Waals surface area contributed by atoms with Gasteiger partial charge in [0.2, 0.25) is 0 Å². The first-order chi connectivity index (χ1) is 10.8. The Hall–Kier alpha value is -1.14. The molecule has 1 atom stereocenters. The van der Waals surface area contributed by atoms with Gasteiger partial charge in [-0.1, -0.05) is 12.5 Å². The molecule has 0 aliphatic carbocycles. The van der Waals surface area contributed by atoms with Crippen LogP contribution in [0.5, 0.6) is 0 Å². The van der Waals surface area contributed by atoms with Crippen molar-refractivity contribution >= 4 is 0 Å². The van der Waals surface area contributed by atoms with Gasteiger partial charge in [-0.05, 0) is 64.1 Å². The lowest BCUT2D eigenvalue weighted by Crippen LogP contribution is -2.40. The average Bonchev–Trinajstić information content (AvgIpc) is 2.47. The Morgan fingerprint density at radius 2 is 1.96 bits per heavy atom. The quantitative estimate of drug-likeness (QED) is 0.748. The fraction of sp³-hybridized carbons (Fsp3) is 0.647. The summed E-state index contributed by atoms with van der Waals surface area (Å²) in [5.74, 6) is -1.20. The molecule has 1 aliphatic heterocycles. The molecule has 0 spiro atoms. The molecule has 1 fully saturated rings. The van der Waals surface area contributed by atoms with Crippen molar-refractivity contribution in [1.29, 1.82) is 0 Å². The Morgan fingerprint density at radius 3 is 2.61 bits per heavy atom. The molecule has 1 aromatic rings. The fourth-order valence-corrected chi connectivity index (χ4v) is 3.12. The van der Waals surface area contributed by atoms with Gasteiger partial charge < -0.3 is 4.90 Å². The number of alkyl halides is 3. The van der Waals surface area contributed by atoms with E-state index in [9.17, 15) is 17.6 Å². The van der Waals surface area contributed by atoms with Crippen molar-refractivity contribution in [2.24, 2.45) is 0 Å². The molecule has 0 amide bonds. The molecule has 1 saturated heterocycles. The molecule has 0 radical (unpaired) electrons. The lowest BCUT2D eigenvalue weighted by Gasteiger charge is -2.36. The van der Waals surface area contributed by atoms with Crippen LogP contribution in [0.15, 0.2) is 18.2 Å². The first-order valence-corrected chi connectivity index (χ1v) is 8.02. The van der Waals surface area contributed by atoms with Gasteiger partial charge in [0.25, 0.3) is 0 Å². The van der Waals surface area contributed by atoms with Gasteiger partial charge in [0, 0.05) is 12.6 Å². The molecule has 6 heteroatoms. The molecular weight excluding hydrogens is 308 g/mol. The van der Waals surface area contributed by atoms with Gasteiger partial charge in [-0.3, -0.25) is 4.90 Å². The van der Waals surface area contributed by atoms with E-state index in [1.54, 1.807) is 0 Å². The van der Waals surface area contributed by atoms with Crippen molar-refractivity contribution in [2.75, 3.05) is 27.2 Å². The van der Waals surface area contributed by atoms with E-state index in [1.807, 2.05) is 14.1 Å². The number of benzene rings is 1. The maximum Gasteiger partial charge on any atom is 0.419 e. The summed E-state index contributed by atoms with van der Waals surface area (Å²) < 4.78 is 51.9. The van der Waals surface area contributed by atoms with Crippen LogP contribution in [0.1, 0.15) is 36.8 Å². The van der Waals surface area contributed by atoms with Crippen LogP contribution in [0.2, 0.25) is 0 Å². The highest BCUT2D eigenvalue weighted by atomic mass is 19.4. The van der Waals surface area contributed by atoms with E-state index in [0.29, 0.717) is 18.2 Å². The van der Waals surface area contributed by atoms with Gasteiger partial charge in [0.15, 0.2) is 0 Å². The number of piperidine rings is 1. The Balaban J connectivity index is 2.10. The summed E-state index contributed by atoms with van der Waals surface area (Å²) in [6.45, 7) is 2.29. The number of halogens is 4. The number of hydrogen-bond acceptors (Lipinski definition) is 2. The molecule has 1 unspecified atom stereocenters. The second-order valence-electron chi connectivity index (χ2n) is 6.52. The zero-order valence-electron chi connectivity index (χ0n) is 13.7. The van der Waals surface area contributed by atoms with Crippen LogP contribution in [-0.2, 0) is 12.7 Å². The standard InChI is InChI=1S/C17H24F4N2/c1-22(2)10-8-14-5-3-4-9-23(14)12-13-6-7-16(18)15(11-13)17(19,20)21/h6-7,11,14H,3-5,8-10,12H2,1-2H3. The molecule has 1 aromatic carbocycles. The summed E-state index contributed by atoms with van der Waals surface area (Å²) in [5.41, 5.74) is -0.646. The van der Waals surface area contributed by atoms with Crippen molar-refractivity contribution in [2.45, 2.75) is 44.4 Å². The lowest BCUT2D eigenvalue weighted by molar-refractivity contribution is -0.140. The molecule has 0 saturated carbocycles. The summed E-state index contributed by atoms with van der Waals surface area (Å²) in [6, 6.07) is 3.72. The fourth-order valence-electron chi connectivity index (χ4n) is 3.12. The van der Waals surface area contributed by atoms with Gasteiger partial charge in [-0.2, -0.15) is 13.2 Å². The summed E-state index contributed by atoms with van der Waals surface area (Å²) in [6.07, 6.45) is -0.356. The highest BCUT2D eigenvalue weighted by molar-refractivity contribution is 5.27. The minimum atomic E-state index is -4.65. The Labute approximate surface area is 135 Å². The minimum absolute atomic E-state index is 0.380. The highest BCUT2D eigenvalue weighted by Gasteiger charge is 2.34. The van der Waals surface area contributed by atoms with E-state index in [4.69, 9.17) is 0 Å². The normalized spacial score (nSPS) is 20.2. The van der Waals surface area contributed by atoms with Gasteiger partial charge in [-0.15, -0.1) is 0 Å². The van der Waals surface area contributed by atoms with Crippen molar-refractivity contribution in [3.05, 3.63) is 35.1 Å². The molecule has 130 valence electrons. The predicted octanol–water partition coefficient (Wildman–Crippen LogP) is 4.15. The second-order valence-corrected chi connectivity index (χ2v) is 6.52. The van der Waals surface area contributed by atoms with Gasteiger partial charge in [-0.25, -0.2) is 4.39 Å². The van der Waals surface area contributed by atoms with Crippen molar-refractivity contribution < 1.29 is 17.6 Å². The first-order valence-electron chi connectivity index (χ1n) is 8.02. The van der Waals surface area contributed by atoms with Crippen LogP contribution in [0.25, 0.3) is 0 Å². The SMILES string of the molecule is CN(C)CCC1CCCCN1Cc1ccc(F)c(C(F)(F)F)c1. The maximum absolute atomic E-state index is 13.4. The second kappa shape index (κ2) is 7.62. The van der Waals surface area contributed by atoms with E-state index >= 15 is 0 Å². The van der Waals surface area contributed by atoms with Crippen LogP contribution in [-0.4, -0.2) is 43.0 Å². The van der Waals surface area contributed by atoms with E-state index in [1.165, 1.54) is 6.07 Å². The van der Waals surface area contributed by atoms with Crippen LogP contribution < -0.4 is 0 Å². The first kappa shape index (κ1) is 18.2. The summed E-state index contributed by atoms with van der Waals surface area (Å²) in [7, 11) is 4.03. The third-order valence-electron chi connectivity index (χ3n) is 4.38. The largest absolute Gasteiger partial charge is 0.419 e. The number of likely N-dealkylation sites (tertiary alicyclic amines) is 1. The maximum atomic E-state index is 13.4. The Bertz CT molecular complexity index is 514. The molecule has 0 N–H and O–H groups in total. The molecule has 1 heterocycles. The molecule has 0 aromatic heterocycles. The highest BCUT2D eigenvalue weighted by Crippen LogP contribution is 2.32. The summed E-state index contributed by atoms with van der Waals surface area (Å²) in [5, 5.41) is 0. The van der Waals surface area contributed by atoms with E-state index < -0.39 is 17.6 Å². The van der Waals surface area contributed by atoms with E-state index in [0.717, 1.165) is 50.9 Å². The third kappa shape index (κ3) is 5.18. The molecule has 2 nitrogen and oxygen atoms in total. The lowest BCUT2D eigenvalue weighted by atomic mass is 9.98. The van der Waals surface area contributed by atoms with E-state index in [-0.39, 0.29) is 0 Å². The zero-order chi connectivity index (χ0) is 17.0.